The summed E-state index contributed by atoms with van der Waals surface area (Å²) in [4.78, 5) is 13.2. The summed E-state index contributed by atoms with van der Waals surface area (Å²) in [6.45, 7) is 0. The summed E-state index contributed by atoms with van der Waals surface area (Å²) >= 11 is 0. The van der Waals surface area contributed by atoms with Crippen molar-refractivity contribution in [1.29, 1.82) is 0 Å². The van der Waals surface area contributed by atoms with Crippen molar-refractivity contribution in [2.24, 2.45) is 0 Å². The van der Waals surface area contributed by atoms with E-state index in [-0.39, 0.29) is 6.20 Å². The number of ether oxygens (including phenoxy) is 1. The Hall–Kier alpha value is -2.00. The van der Waals surface area contributed by atoms with E-state index in [2.05, 4.69) is 9.72 Å². The minimum absolute atomic E-state index is 0.0776. The molecule has 0 spiro atoms. The first-order valence-electron chi connectivity index (χ1n) is 4.09. The van der Waals surface area contributed by atoms with Crippen LogP contribution in [-0.2, 0) is 0 Å². The molecule has 0 saturated heterocycles. The van der Waals surface area contributed by atoms with Gasteiger partial charge in [0.15, 0.2) is 11.6 Å². The summed E-state index contributed by atoms with van der Waals surface area (Å²) in [7, 11) is 0. The highest BCUT2D eigenvalue weighted by Crippen LogP contribution is 2.35. The molecule has 100 valence electrons. The van der Waals surface area contributed by atoms with E-state index in [9.17, 15) is 31.1 Å². The third-order valence-electron chi connectivity index (χ3n) is 1.65. The van der Waals surface area contributed by atoms with E-state index in [0.29, 0.717) is 0 Å². The SMILES string of the molecule is O=C(O)c1c(F)cnc(C(F)F)c1OC(F)(F)F. The highest BCUT2D eigenvalue weighted by molar-refractivity contribution is 5.91. The number of halogens is 6. The molecule has 4 nitrogen and oxygen atoms in total. The molecule has 1 aromatic rings. The molecule has 1 N–H and O–H groups in total. The van der Waals surface area contributed by atoms with Crippen molar-refractivity contribution < 1.29 is 41.0 Å². The van der Waals surface area contributed by atoms with Gasteiger partial charge in [-0.1, -0.05) is 0 Å². The van der Waals surface area contributed by atoms with Crippen LogP contribution in [0.5, 0.6) is 5.75 Å². The van der Waals surface area contributed by atoms with Crippen molar-refractivity contribution in [3.8, 4) is 5.75 Å². The molecule has 1 rings (SSSR count). The normalized spacial score (nSPS) is 11.7. The fourth-order valence-electron chi connectivity index (χ4n) is 1.06. The molecule has 0 atom stereocenters. The topological polar surface area (TPSA) is 59.4 Å². The van der Waals surface area contributed by atoms with Gasteiger partial charge in [-0.3, -0.25) is 0 Å². The molecule has 18 heavy (non-hydrogen) atoms. The van der Waals surface area contributed by atoms with Gasteiger partial charge in [-0.2, -0.15) is 0 Å². The molecular formula is C8H3F6NO3. The summed E-state index contributed by atoms with van der Waals surface area (Å²) < 4.78 is 76.6. The number of pyridine rings is 1. The van der Waals surface area contributed by atoms with Crippen molar-refractivity contribution >= 4 is 5.97 Å². The zero-order valence-corrected chi connectivity index (χ0v) is 8.13. The summed E-state index contributed by atoms with van der Waals surface area (Å²) in [5.41, 5.74) is -3.26. The lowest BCUT2D eigenvalue weighted by Crippen LogP contribution is -2.21. The van der Waals surface area contributed by atoms with Gasteiger partial charge in [-0.15, -0.1) is 13.2 Å². The van der Waals surface area contributed by atoms with Crippen molar-refractivity contribution in [3.05, 3.63) is 23.3 Å². The molecule has 0 fully saturated rings. The lowest BCUT2D eigenvalue weighted by molar-refractivity contribution is -0.275. The Morgan fingerprint density at radius 3 is 2.33 bits per heavy atom. The second-order valence-corrected chi connectivity index (χ2v) is 2.85. The Balaban J connectivity index is 3.48. The molecule has 0 aliphatic rings. The Morgan fingerprint density at radius 1 is 1.39 bits per heavy atom. The number of nitrogens with zero attached hydrogens (tertiary/aromatic N) is 1. The van der Waals surface area contributed by atoms with Gasteiger partial charge in [-0.25, -0.2) is 22.9 Å². The molecule has 10 heteroatoms. The first-order valence-corrected chi connectivity index (χ1v) is 4.09. The van der Waals surface area contributed by atoms with Crippen LogP contribution in [0.25, 0.3) is 0 Å². The van der Waals surface area contributed by atoms with Crippen LogP contribution >= 0.6 is 0 Å². The molecule has 0 saturated carbocycles. The lowest BCUT2D eigenvalue weighted by atomic mass is 10.2. The number of carboxylic acids is 1. The average molecular weight is 275 g/mol. The third kappa shape index (κ3) is 3.02. The van der Waals surface area contributed by atoms with Gasteiger partial charge >= 0.3 is 12.3 Å². The highest BCUT2D eigenvalue weighted by Gasteiger charge is 2.37. The Bertz CT molecular complexity index is 473. The van der Waals surface area contributed by atoms with E-state index in [1.807, 2.05) is 0 Å². The Kier molecular flexibility index (Phi) is 3.67. The van der Waals surface area contributed by atoms with Gasteiger partial charge in [0.2, 0.25) is 0 Å². The van der Waals surface area contributed by atoms with Gasteiger partial charge in [-0.05, 0) is 0 Å². The van der Waals surface area contributed by atoms with Crippen LogP contribution in [0.1, 0.15) is 22.5 Å². The van der Waals surface area contributed by atoms with Crippen molar-refractivity contribution in [3.63, 3.8) is 0 Å². The predicted molar refractivity (Wildman–Crippen MR) is 42.8 cm³/mol. The summed E-state index contributed by atoms with van der Waals surface area (Å²) in [6.07, 6.45) is -8.93. The maximum atomic E-state index is 13.0. The monoisotopic (exact) mass is 275 g/mol. The molecule has 0 aliphatic heterocycles. The predicted octanol–water partition coefficient (Wildman–Crippen LogP) is 2.76. The number of carboxylic acid groups (broad SMARTS) is 1. The zero-order chi connectivity index (χ0) is 14.1. The number of hydrogen-bond donors (Lipinski definition) is 1. The minimum atomic E-state index is -5.46. The second kappa shape index (κ2) is 4.70. The smallest absolute Gasteiger partial charge is 0.477 e. The largest absolute Gasteiger partial charge is 0.573 e. The van der Waals surface area contributed by atoms with E-state index < -0.39 is 41.6 Å². The number of carbonyl (C=O) groups is 1. The van der Waals surface area contributed by atoms with Crippen molar-refractivity contribution in [1.82, 2.24) is 4.98 Å². The lowest BCUT2D eigenvalue weighted by Gasteiger charge is -2.14. The minimum Gasteiger partial charge on any atom is -0.477 e. The van der Waals surface area contributed by atoms with Crippen molar-refractivity contribution in [2.75, 3.05) is 0 Å². The van der Waals surface area contributed by atoms with Crippen LogP contribution < -0.4 is 4.74 Å². The average Bonchev–Trinajstić information content (AvgIpc) is 2.13. The van der Waals surface area contributed by atoms with Crippen LogP contribution in [0.4, 0.5) is 26.3 Å². The molecule has 0 aliphatic carbocycles. The molecule has 0 bridgehead atoms. The molecular weight excluding hydrogens is 272 g/mol. The maximum absolute atomic E-state index is 13.0. The van der Waals surface area contributed by atoms with Crippen LogP contribution in [0.3, 0.4) is 0 Å². The van der Waals surface area contributed by atoms with Crippen LogP contribution in [0.15, 0.2) is 6.20 Å². The Labute approximate surface area is 94.8 Å². The van der Waals surface area contributed by atoms with Crippen LogP contribution in [-0.4, -0.2) is 22.4 Å². The summed E-state index contributed by atoms with van der Waals surface area (Å²) in [6, 6.07) is 0. The van der Waals surface area contributed by atoms with Gasteiger partial charge in [0, 0.05) is 0 Å². The number of hydrogen-bond acceptors (Lipinski definition) is 3. The first kappa shape index (κ1) is 14.1. The van der Waals surface area contributed by atoms with Crippen LogP contribution in [0, 0.1) is 5.82 Å². The number of alkyl halides is 5. The van der Waals surface area contributed by atoms with E-state index in [1.54, 1.807) is 0 Å². The quantitative estimate of drug-likeness (QED) is 0.862. The van der Waals surface area contributed by atoms with E-state index in [0.717, 1.165) is 0 Å². The number of aromatic carboxylic acids is 1. The fraction of sp³-hybridized carbons (Fsp3) is 0.250. The van der Waals surface area contributed by atoms with Gasteiger partial charge in [0.05, 0.1) is 6.20 Å². The number of aromatic nitrogens is 1. The third-order valence-corrected chi connectivity index (χ3v) is 1.65. The van der Waals surface area contributed by atoms with Gasteiger partial charge in [0.25, 0.3) is 6.43 Å². The van der Waals surface area contributed by atoms with E-state index in [4.69, 9.17) is 5.11 Å². The fourth-order valence-corrected chi connectivity index (χ4v) is 1.06. The molecule has 0 radical (unpaired) electrons. The summed E-state index contributed by atoms with van der Waals surface area (Å²) in [5, 5.41) is 8.49. The molecule has 1 heterocycles. The zero-order valence-electron chi connectivity index (χ0n) is 8.13. The summed E-state index contributed by atoms with van der Waals surface area (Å²) in [5.74, 6) is -5.76. The van der Waals surface area contributed by atoms with Crippen molar-refractivity contribution in [2.45, 2.75) is 12.8 Å². The Morgan fingerprint density at radius 2 is 1.94 bits per heavy atom. The van der Waals surface area contributed by atoms with E-state index >= 15 is 0 Å². The standard InChI is InChI=1S/C8H3F6NO3/c9-2-1-15-4(6(10)11)5(3(2)7(16)17)18-8(12,13)14/h1,6H,(H,16,17). The molecule has 0 amide bonds. The van der Waals surface area contributed by atoms with E-state index in [1.165, 1.54) is 0 Å². The molecule has 1 aromatic heterocycles. The molecule has 0 unspecified atom stereocenters. The second-order valence-electron chi connectivity index (χ2n) is 2.85. The first-order chi connectivity index (χ1) is 8.13. The van der Waals surface area contributed by atoms with Gasteiger partial charge in [0.1, 0.15) is 11.3 Å². The van der Waals surface area contributed by atoms with Crippen LogP contribution in [0.2, 0.25) is 0 Å². The highest BCUT2D eigenvalue weighted by atomic mass is 19.4. The maximum Gasteiger partial charge on any atom is 0.573 e. The molecule has 0 aromatic carbocycles. The number of rotatable bonds is 3. The van der Waals surface area contributed by atoms with Gasteiger partial charge < -0.3 is 9.84 Å².